The number of nitrogens with one attached hydrogen (secondary N) is 1. The van der Waals surface area contributed by atoms with Crippen LogP contribution in [0.2, 0.25) is 0 Å². The van der Waals surface area contributed by atoms with Gasteiger partial charge in [0.2, 0.25) is 0 Å². The molecule has 19 heavy (non-hydrogen) atoms. The van der Waals surface area contributed by atoms with Crippen molar-refractivity contribution in [3.05, 3.63) is 23.2 Å². The molecule has 0 saturated heterocycles. The van der Waals surface area contributed by atoms with Crippen molar-refractivity contribution in [2.24, 2.45) is 0 Å². The van der Waals surface area contributed by atoms with Gasteiger partial charge in [-0.05, 0) is 54.0 Å². The fourth-order valence-electron chi connectivity index (χ4n) is 1.55. The number of furan rings is 1. The zero-order valence-corrected chi connectivity index (χ0v) is 13.5. The highest BCUT2D eigenvalue weighted by Gasteiger charge is 2.17. The summed E-state index contributed by atoms with van der Waals surface area (Å²) in [4.78, 5) is 0. The summed E-state index contributed by atoms with van der Waals surface area (Å²) in [7, 11) is 0. The van der Waals surface area contributed by atoms with Crippen LogP contribution in [0.4, 0.5) is 0 Å². The van der Waals surface area contributed by atoms with Gasteiger partial charge in [0.15, 0.2) is 0 Å². The third-order valence-electron chi connectivity index (χ3n) is 3.33. The van der Waals surface area contributed by atoms with E-state index < -0.39 is 0 Å². The highest BCUT2D eigenvalue weighted by Crippen LogP contribution is 2.21. The minimum absolute atomic E-state index is 0.0759. The monoisotopic (exact) mass is 267 g/mol. The highest BCUT2D eigenvalue weighted by molar-refractivity contribution is 5.20. The summed E-state index contributed by atoms with van der Waals surface area (Å²) in [5, 5.41) is 3.43. The molecule has 0 aromatic carbocycles. The van der Waals surface area contributed by atoms with E-state index in [1.165, 1.54) is 0 Å². The molecular weight excluding hydrogens is 238 g/mol. The molecule has 110 valence electrons. The molecule has 0 saturated carbocycles. The second kappa shape index (κ2) is 6.10. The molecule has 3 nitrogen and oxygen atoms in total. The van der Waals surface area contributed by atoms with Crippen LogP contribution in [0.3, 0.4) is 0 Å². The molecular formula is C16H29NO2. The maximum atomic E-state index is 5.92. The standard InChI is InChI=1S/C16H29NO2/c1-8-16(6,7)18-11-13-9-14(19-12(13)2)10-17-15(3,4)5/h9,17H,8,10-11H2,1-7H3. The Morgan fingerprint density at radius 2 is 1.84 bits per heavy atom. The zero-order chi connectivity index (χ0) is 14.7. The Bertz CT molecular complexity index is 399. The Hall–Kier alpha value is -0.800. The average Bonchev–Trinajstić information content (AvgIpc) is 2.64. The molecule has 0 unspecified atom stereocenters. The van der Waals surface area contributed by atoms with Gasteiger partial charge in [-0.25, -0.2) is 0 Å². The minimum atomic E-state index is -0.0759. The summed E-state index contributed by atoms with van der Waals surface area (Å²) in [6, 6.07) is 2.10. The number of hydrogen-bond donors (Lipinski definition) is 1. The van der Waals surface area contributed by atoms with Crippen molar-refractivity contribution in [3.63, 3.8) is 0 Å². The Morgan fingerprint density at radius 3 is 2.37 bits per heavy atom. The van der Waals surface area contributed by atoms with Gasteiger partial charge in [-0.2, -0.15) is 0 Å². The van der Waals surface area contributed by atoms with Crippen LogP contribution < -0.4 is 5.32 Å². The zero-order valence-electron chi connectivity index (χ0n) is 13.5. The van der Waals surface area contributed by atoms with Crippen LogP contribution in [0.1, 0.15) is 65.0 Å². The molecule has 0 atom stereocenters. The van der Waals surface area contributed by atoms with Gasteiger partial charge in [0.25, 0.3) is 0 Å². The second-order valence-corrected chi connectivity index (χ2v) is 6.80. The fourth-order valence-corrected chi connectivity index (χ4v) is 1.55. The first-order chi connectivity index (χ1) is 8.63. The van der Waals surface area contributed by atoms with Gasteiger partial charge >= 0.3 is 0 Å². The maximum Gasteiger partial charge on any atom is 0.118 e. The number of ether oxygens (including phenoxy) is 1. The Morgan fingerprint density at radius 1 is 1.21 bits per heavy atom. The van der Waals surface area contributed by atoms with Crippen molar-refractivity contribution < 1.29 is 9.15 Å². The highest BCUT2D eigenvalue weighted by atomic mass is 16.5. The Balaban J connectivity index is 2.59. The van der Waals surface area contributed by atoms with E-state index in [1.807, 2.05) is 6.92 Å². The summed E-state index contributed by atoms with van der Waals surface area (Å²) >= 11 is 0. The number of rotatable bonds is 6. The third-order valence-corrected chi connectivity index (χ3v) is 3.33. The first kappa shape index (κ1) is 16.3. The van der Waals surface area contributed by atoms with Gasteiger partial charge in [-0.1, -0.05) is 6.92 Å². The number of aryl methyl sites for hydroxylation is 1. The molecule has 0 radical (unpaired) electrons. The normalized spacial score (nSPS) is 13.0. The van der Waals surface area contributed by atoms with E-state index in [0.717, 1.165) is 30.0 Å². The largest absolute Gasteiger partial charge is 0.465 e. The lowest BCUT2D eigenvalue weighted by atomic mass is 10.1. The molecule has 0 fully saturated rings. The lowest BCUT2D eigenvalue weighted by Gasteiger charge is -2.23. The van der Waals surface area contributed by atoms with Crippen LogP contribution >= 0.6 is 0 Å². The maximum absolute atomic E-state index is 5.92. The van der Waals surface area contributed by atoms with Crippen molar-refractivity contribution in [1.29, 1.82) is 0 Å². The summed E-state index contributed by atoms with van der Waals surface area (Å²) < 4.78 is 11.7. The second-order valence-electron chi connectivity index (χ2n) is 6.80. The van der Waals surface area contributed by atoms with Crippen LogP contribution in [0.15, 0.2) is 10.5 Å². The van der Waals surface area contributed by atoms with E-state index in [-0.39, 0.29) is 11.1 Å². The van der Waals surface area contributed by atoms with E-state index in [9.17, 15) is 0 Å². The molecule has 3 heteroatoms. The first-order valence-corrected chi connectivity index (χ1v) is 7.10. The van der Waals surface area contributed by atoms with E-state index in [1.54, 1.807) is 0 Å². The number of hydrogen-bond acceptors (Lipinski definition) is 3. The predicted octanol–water partition coefficient (Wildman–Crippen LogP) is 4.18. The summed E-state index contributed by atoms with van der Waals surface area (Å²) in [5.41, 5.74) is 1.17. The van der Waals surface area contributed by atoms with Crippen LogP contribution in [0, 0.1) is 6.92 Å². The van der Waals surface area contributed by atoms with Crippen molar-refractivity contribution in [3.8, 4) is 0 Å². The van der Waals surface area contributed by atoms with Crippen LogP contribution in [-0.2, 0) is 17.9 Å². The molecule has 0 spiro atoms. The summed E-state index contributed by atoms with van der Waals surface area (Å²) in [6.07, 6.45) is 1.00. The minimum Gasteiger partial charge on any atom is -0.465 e. The molecule has 0 bridgehead atoms. The van der Waals surface area contributed by atoms with Crippen LogP contribution in [0.5, 0.6) is 0 Å². The molecule has 0 amide bonds. The Kier molecular flexibility index (Phi) is 5.22. The van der Waals surface area contributed by atoms with Crippen molar-refractivity contribution >= 4 is 0 Å². The molecule has 0 aliphatic rings. The molecule has 0 aliphatic heterocycles. The first-order valence-electron chi connectivity index (χ1n) is 7.10. The molecule has 1 heterocycles. The van der Waals surface area contributed by atoms with Crippen LogP contribution in [-0.4, -0.2) is 11.1 Å². The van der Waals surface area contributed by atoms with Crippen molar-refractivity contribution in [2.75, 3.05) is 0 Å². The van der Waals surface area contributed by atoms with Gasteiger partial charge in [-0.3, -0.25) is 0 Å². The molecule has 1 aromatic heterocycles. The SMILES string of the molecule is CCC(C)(C)OCc1cc(CNC(C)(C)C)oc1C. The summed E-state index contributed by atoms with van der Waals surface area (Å²) in [5.74, 6) is 1.93. The smallest absolute Gasteiger partial charge is 0.118 e. The quantitative estimate of drug-likeness (QED) is 0.839. The Labute approximate surface area is 117 Å². The van der Waals surface area contributed by atoms with Gasteiger partial charge in [0.05, 0.1) is 18.8 Å². The van der Waals surface area contributed by atoms with Gasteiger partial charge < -0.3 is 14.5 Å². The molecule has 1 aromatic rings. The lowest BCUT2D eigenvalue weighted by Crippen LogP contribution is -2.34. The van der Waals surface area contributed by atoms with E-state index in [0.29, 0.717) is 6.61 Å². The van der Waals surface area contributed by atoms with Crippen LogP contribution in [0.25, 0.3) is 0 Å². The molecule has 1 N–H and O–H groups in total. The third kappa shape index (κ3) is 5.79. The van der Waals surface area contributed by atoms with E-state index in [4.69, 9.17) is 9.15 Å². The summed E-state index contributed by atoms with van der Waals surface area (Å²) in [6.45, 7) is 16.2. The van der Waals surface area contributed by atoms with Crippen molar-refractivity contribution in [1.82, 2.24) is 5.32 Å². The molecule has 1 rings (SSSR count). The predicted molar refractivity (Wildman–Crippen MR) is 79.2 cm³/mol. The average molecular weight is 267 g/mol. The topological polar surface area (TPSA) is 34.4 Å². The molecule has 0 aliphatic carbocycles. The fraction of sp³-hybridized carbons (Fsp3) is 0.750. The van der Waals surface area contributed by atoms with Gasteiger partial charge in [0, 0.05) is 11.1 Å². The van der Waals surface area contributed by atoms with Gasteiger partial charge in [0.1, 0.15) is 11.5 Å². The van der Waals surface area contributed by atoms with Gasteiger partial charge in [-0.15, -0.1) is 0 Å². The van der Waals surface area contributed by atoms with Crippen molar-refractivity contribution in [2.45, 2.75) is 79.2 Å². The van der Waals surface area contributed by atoms with E-state index in [2.05, 4.69) is 52.9 Å². The lowest BCUT2D eigenvalue weighted by molar-refractivity contribution is -0.0320. The van der Waals surface area contributed by atoms with E-state index >= 15 is 0 Å².